The highest BCUT2D eigenvalue weighted by Crippen LogP contribution is 2.51. The summed E-state index contributed by atoms with van der Waals surface area (Å²) in [6.07, 6.45) is 2.54. The lowest BCUT2D eigenvalue weighted by molar-refractivity contribution is 0.0986. The second kappa shape index (κ2) is 5.28. The molecule has 0 spiro atoms. The van der Waals surface area contributed by atoms with Crippen molar-refractivity contribution in [2.75, 3.05) is 26.8 Å². The summed E-state index contributed by atoms with van der Waals surface area (Å²) in [5, 5.41) is 3.38. The Hall–Kier alpha value is -1.22. The highest BCUT2D eigenvalue weighted by molar-refractivity contribution is 5.47. The predicted octanol–water partition coefficient (Wildman–Crippen LogP) is 2.98. The molecule has 1 aromatic carbocycles. The predicted molar refractivity (Wildman–Crippen MR) is 80.6 cm³/mol. The van der Waals surface area contributed by atoms with Crippen molar-refractivity contribution in [1.29, 1.82) is 0 Å². The third-order valence-corrected chi connectivity index (χ3v) is 4.92. The van der Waals surface area contributed by atoms with E-state index in [9.17, 15) is 0 Å². The number of likely N-dealkylation sites (N-methyl/N-ethyl adjacent to an activating group) is 1. The van der Waals surface area contributed by atoms with Gasteiger partial charge >= 0.3 is 0 Å². The molecule has 3 heteroatoms. The molecule has 0 amide bonds. The number of benzene rings is 1. The second-order valence-corrected chi connectivity index (χ2v) is 6.58. The molecule has 1 N–H and O–H groups in total. The van der Waals surface area contributed by atoms with Crippen molar-refractivity contribution in [2.24, 2.45) is 11.8 Å². The number of rotatable bonds is 4. The molecule has 1 heterocycles. The first kappa shape index (κ1) is 13.7. The zero-order chi connectivity index (χ0) is 14.2. The first-order valence-corrected chi connectivity index (χ1v) is 7.69. The maximum Gasteiger partial charge on any atom is 0.161 e. The molecule has 20 heavy (non-hydrogen) atoms. The van der Waals surface area contributed by atoms with E-state index in [0.29, 0.717) is 13.2 Å². The van der Waals surface area contributed by atoms with Gasteiger partial charge in [-0.05, 0) is 49.4 Å². The third kappa shape index (κ3) is 2.28. The van der Waals surface area contributed by atoms with Crippen LogP contribution in [0, 0.1) is 11.8 Å². The van der Waals surface area contributed by atoms with E-state index < -0.39 is 0 Å². The zero-order valence-corrected chi connectivity index (χ0v) is 12.7. The van der Waals surface area contributed by atoms with Crippen molar-refractivity contribution in [3.05, 3.63) is 23.8 Å². The summed E-state index contributed by atoms with van der Waals surface area (Å²) in [5.41, 5.74) is 1.67. The Morgan fingerprint density at radius 2 is 1.90 bits per heavy atom. The van der Waals surface area contributed by atoms with Crippen LogP contribution in [0.2, 0.25) is 0 Å². The molecule has 0 radical (unpaired) electrons. The van der Waals surface area contributed by atoms with Gasteiger partial charge in [-0.1, -0.05) is 19.9 Å². The third-order valence-electron chi connectivity index (χ3n) is 4.92. The molecule has 3 nitrogen and oxygen atoms in total. The summed E-state index contributed by atoms with van der Waals surface area (Å²) in [6.45, 7) is 7.01. The standard InChI is InChI=1S/C17H25NO2/c1-12(2)13-9-17(10-13,11-18-3)14-4-5-15-16(8-14)20-7-6-19-15/h4-5,8,12-13,18H,6-7,9-11H2,1-3H3. The van der Waals surface area contributed by atoms with Crippen LogP contribution in [0.15, 0.2) is 18.2 Å². The Balaban J connectivity index is 1.85. The Morgan fingerprint density at radius 1 is 1.20 bits per heavy atom. The van der Waals surface area contributed by atoms with Crippen molar-refractivity contribution in [1.82, 2.24) is 5.32 Å². The van der Waals surface area contributed by atoms with Crippen LogP contribution in [0.1, 0.15) is 32.3 Å². The Kier molecular flexibility index (Phi) is 3.63. The topological polar surface area (TPSA) is 30.5 Å². The Labute approximate surface area is 121 Å². The molecule has 0 atom stereocenters. The molecule has 1 fully saturated rings. The van der Waals surface area contributed by atoms with Gasteiger partial charge in [0, 0.05) is 12.0 Å². The van der Waals surface area contributed by atoms with Gasteiger partial charge in [0.15, 0.2) is 11.5 Å². The molecular formula is C17H25NO2. The molecule has 1 aliphatic heterocycles. The van der Waals surface area contributed by atoms with Crippen LogP contribution in [0.4, 0.5) is 0 Å². The molecule has 3 rings (SSSR count). The monoisotopic (exact) mass is 275 g/mol. The minimum absolute atomic E-state index is 0.277. The highest BCUT2D eigenvalue weighted by Gasteiger charge is 2.46. The van der Waals surface area contributed by atoms with Crippen molar-refractivity contribution >= 4 is 0 Å². The van der Waals surface area contributed by atoms with Gasteiger partial charge in [-0.25, -0.2) is 0 Å². The molecule has 1 aromatic rings. The molecule has 1 aliphatic carbocycles. The van der Waals surface area contributed by atoms with Gasteiger partial charge in [-0.15, -0.1) is 0 Å². The average Bonchev–Trinajstić information content (AvgIpc) is 2.41. The first-order chi connectivity index (χ1) is 9.64. The summed E-state index contributed by atoms with van der Waals surface area (Å²) >= 11 is 0. The second-order valence-electron chi connectivity index (χ2n) is 6.58. The van der Waals surface area contributed by atoms with E-state index in [-0.39, 0.29) is 5.41 Å². The Morgan fingerprint density at radius 3 is 2.55 bits per heavy atom. The quantitative estimate of drug-likeness (QED) is 0.916. The van der Waals surface area contributed by atoms with Crippen LogP contribution >= 0.6 is 0 Å². The molecule has 2 aliphatic rings. The van der Waals surface area contributed by atoms with E-state index in [4.69, 9.17) is 9.47 Å². The van der Waals surface area contributed by atoms with Crippen LogP contribution in [0.5, 0.6) is 11.5 Å². The minimum atomic E-state index is 0.277. The lowest BCUT2D eigenvalue weighted by Gasteiger charge is -2.50. The fourth-order valence-corrected chi connectivity index (χ4v) is 3.61. The Bertz CT molecular complexity index is 478. The summed E-state index contributed by atoms with van der Waals surface area (Å²) in [5.74, 6) is 3.42. The highest BCUT2D eigenvalue weighted by atomic mass is 16.6. The number of fused-ring (bicyclic) bond motifs is 1. The van der Waals surface area contributed by atoms with Crippen molar-refractivity contribution in [3.8, 4) is 11.5 Å². The molecule has 0 unspecified atom stereocenters. The number of ether oxygens (including phenoxy) is 2. The van der Waals surface area contributed by atoms with Gasteiger partial charge in [-0.2, -0.15) is 0 Å². The maximum absolute atomic E-state index is 5.73. The van der Waals surface area contributed by atoms with Crippen LogP contribution in [0.3, 0.4) is 0 Å². The summed E-state index contributed by atoms with van der Waals surface area (Å²) in [7, 11) is 2.04. The van der Waals surface area contributed by atoms with Gasteiger partial charge in [-0.3, -0.25) is 0 Å². The molecule has 1 saturated carbocycles. The largest absolute Gasteiger partial charge is 0.486 e. The van der Waals surface area contributed by atoms with Crippen molar-refractivity contribution in [3.63, 3.8) is 0 Å². The fraction of sp³-hybridized carbons (Fsp3) is 0.647. The first-order valence-electron chi connectivity index (χ1n) is 7.69. The minimum Gasteiger partial charge on any atom is -0.486 e. The fourth-order valence-electron chi connectivity index (χ4n) is 3.61. The van der Waals surface area contributed by atoms with Crippen LogP contribution in [-0.2, 0) is 5.41 Å². The van der Waals surface area contributed by atoms with Crippen LogP contribution < -0.4 is 14.8 Å². The summed E-state index contributed by atoms with van der Waals surface area (Å²) in [6, 6.07) is 6.49. The van der Waals surface area contributed by atoms with Gasteiger partial charge in [0.25, 0.3) is 0 Å². The molecule has 0 bridgehead atoms. The molecule has 110 valence electrons. The van der Waals surface area contributed by atoms with E-state index in [1.54, 1.807) is 0 Å². The smallest absolute Gasteiger partial charge is 0.161 e. The molecular weight excluding hydrogens is 250 g/mol. The lowest BCUT2D eigenvalue weighted by atomic mass is 9.56. The molecule has 0 saturated heterocycles. The SMILES string of the molecule is CNCC1(c2ccc3c(c2)OCCO3)CC(C(C)C)C1. The van der Waals surface area contributed by atoms with E-state index >= 15 is 0 Å². The summed E-state index contributed by atoms with van der Waals surface area (Å²) in [4.78, 5) is 0. The molecule has 0 aromatic heterocycles. The van der Waals surface area contributed by atoms with Gasteiger partial charge in [0.2, 0.25) is 0 Å². The number of hydrogen-bond donors (Lipinski definition) is 1. The van der Waals surface area contributed by atoms with E-state index in [2.05, 4.69) is 37.4 Å². The van der Waals surface area contributed by atoms with Crippen molar-refractivity contribution < 1.29 is 9.47 Å². The number of hydrogen-bond acceptors (Lipinski definition) is 3. The normalized spacial score (nSPS) is 28.3. The average molecular weight is 275 g/mol. The van der Waals surface area contributed by atoms with E-state index in [1.165, 1.54) is 18.4 Å². The van der Waals surface area contributed by atoms with Gasteiger partial charge < -0.3 is 14.8 Å². The lowest BCUT2D eigenvalue weighted by Crippen LogP contribution is -2.49. The van der Waals surface area contributed by atoms with Crippen molar-refractivity contribution in [2.45, 2.75) is 32.1 Å². The van der Waals surface area contributed by atoms with Gasteiger partial charge in [0.05, 0.1) is 0 Å². The zero-order valence-electron chi connectivity index (χ0n) is 12.7. The van der Waals surface area contributed by atoms with Crippen LogP contribution in [-0.4, -0.2) is 26.8 Å². The van der Waals surface area contributed by atoms with Crippen LogP contribution in [0.25, 0.3) is 0 Å². The van der Waals surface area contributed by atoms with E-state index in [0.717, 1.165) is 29.9 Å². The summed E-state index contributed by atoms with van der Waals surface area (Å²) < 4.78 is 11.4. The number of nitrogens with one attached hydrogen (secondary N) is 1. The van der Waals surface area contributed by atoms with Gasteiger partial charge in [0.1, 0.15) is 13.2 Å². The maximum atomic E-state index is 5.73. The van der Waals surface area contributed by atoms with E-state index in [1.807, 2.05) is 7.05 Å².